The highest BCUT2D eigenvalue weighted by atomic mass is 16.3. The predicted molar refractivity (Wildman–Crippen MR) is 106 cm³/mol. The smallest absolute Gasteiger partial charge is 0.0854 e. The lowest BCUT2D eigenvalue weighted by atomic mass is 10.0. The summed E-state index contributed by atoms with van der Waals surface area (Å²) in [6.45, 7) is 5.21. The summed E-state index contributed by atoms with van der Waals surface area (Å²) in [5, 5.41) is 9.44. The van der Waals surface area contributed by atoms with Crippen LogP contribution in [0.5, 0.6) is 0 Å². The number of aliphatic hydroxyl groups excluding tert-OH is 1. The molecule has 0 bridgehead atoms. The molecule has 140 valence electrons. The van der Waals surface area contributed by atoms with Gasteiger partial charge in [-0.2, -0.15) is 0 Å². The maximum Gasteiger partial charge on any atom is 0.0854 e. The molecule has 0 aromatic heterocycles. The Balaban J connectivity index is 1.86. The Morgan fingerprint density at radius 1 is 0.958 bits per heavy atom. The highest BCUT2D eigenvalue weighted by Crippen LogP contribution is 2.13. The van der Waals surface area contributed by atoms with E-state index < -0.39 is 0 Å². The molecule has 3 heteroatoms. The molecule has 0 radical (unpaired) electrons. The first-order valence-corrected chi connectivity index (χ1v) is 10.4. The third-order valence-electron chi connectivity index (χ3n) is 4.86. The topological polar surface area (TPSA) is 35.8 Å². The van der Waals surface area contributed by atoms with Crippen LogP contribution in [0.1, 0.15) is 90.4 Å². The van der Waals surface area contributed by atoms with Crippen molar-refractivity contribution in [1.29, 1.82) is 0 Å². The van der Waals surface area contributed by atoms with E-state index in [0.29, 0.717) is 0 Å². The molecule has 0 fully saturated rings. The van der Waals surface area contributed by atoms with Crippen molar-refractivity contribution in [2.75, 3.05) is 26.2 Å². The predicted octanol–water partition coefficient (Wildman–Crippen LogP) is 5.34. The zero-order chi connectivity index (χ0) is 17.3. The molecule has 0 aromatic carbocycles. The molecule has 0 saturated carbocycles. The minimum absolute atomic E-state index is 0.183. The second-order valence-corrected chi connectivity index (χ2v) is 7.19. The summed E-state index contributed by atoms with van der Waals surface area (Å²) in [5.74, 6) is 0. The summed E-state index contributed by atoms with van der Waals surface area (Å²) in [7, 11) is 0. The first-order valence-electron chi connectivity index (χ1n) is 10.4. The van der Waals surface area contributed by atoms with E-state index in [0.717, 1.165) is 31.6 Å². The molecule has 1 heterocycles. The molecule has 0 aliphatic carbocycles. The lowest BCUT2D eigenvalue weighted by Crippen LogP contribution is -2.23. The van der Waals surface area contributed by atoms with E-state index in [4.69, 9.17) is 0 Å². The third kappa shape index (κ3) is 11.7. The number of aliphatic imine (C=N–C) groups is 1. The monoisotopic (exact) mass is 336 g/mol. The van der Waals surface area contributed by atoms with Crippen LogP contribution in [-0.2, 0) is 0 Å². The van der Waals surface area contributed by atoms with Crippen molar-refractivity contribution in [2.45, 2.75) is 90.4 Å². The third-order valence-corrected chi connectivity index (χ3v) is 4.86. The highest BCUT2D eigenvalue weighted by molar-refractivity contribution is 5.57. The second kappa shape index (κ2) is 15.7. The van der Waals surface area contributed by atoms with Crippen molar-refractivity contribution in [3.63, 3.8) is 0 Å². The fourth-order valence-corrected chi connectivity index (χ4v) is 3.27. The van der Waals surface area contributed by atoms with Crippen LogP contribution in [0.4, 0.5) is 0 Å². The molecular weight excluding hydrogens is 296 g/mol. The zero-order valence-corrected chi connectivity index (χ0v) is 16.0. The number of aliphatic hydroxyl groups is 1. The van der Waals surface area contributed by atoms with Crippen molar-refractivity contribution in [3.05, 3.63) is 11.6 Å². The molecule has 0 spiro atoms. The molecule has 0 atom stereocenters. The van der Waals surface area contributed by atoms with Crippen LogP contribution in [0.15, 0.2) is 16.6 Å². The van der Waals surface area contributed by atoms with Crippen molar-refractivity contribution in [3.8, 4) is 0 Å². The van der Waals surface area contributed by atoms with Gasteiger partial charge in [-0.05, 0) is 18.4 Å². The standard InChI is InChI=1S/C21H40N2O/c1-2-3-4-5-6-7-8-9-10-11-12-13-14-15-21(19-24)18-23-17-16-22-20-23/h15,20,24H,2-14,16-19H2,1H3. The van der Waals surface area contributed by atoms with Gasteiger partial charge in [-0.3, -0.25) is 4.99 Å². The number of nitrogens with zero attached hydrogens (tertiary/aromatic N) is 2. The molecule has 1 N–H and O–H groups in total. The van der Waals surface area contributed by atoms with Gasteiger partial charge in [-0.25, -0.2) is 0 Å². The van der Waals surface area contributed by atoms with Crippen LogP contribution in [0.2, 0.25) is 0 Å². The van der Waals surface area contributed by atoms with Gasteiger partial charge >= 0.3 is 0 Å². The Morgan fingerprint density at radius 3 is 2.04 bits per heavy atom. The van der Waals surface area contributed by atoms with Crippen molar-refractivity contribution in [2.24, 2.45) is 4.99 Å². The number of hydrogen-bond donors (Lipinski definition) is 1. The number of unbranched alkanes of at least 4 members (excludes halogenated alkanes) is 12. The summed E-state index contributed by atoms with van der Waals surface area (Å²) in [6, 6.07) is 0. The van der Waals surface area contributed by atoms with Gasteiger partial charge in [0.15, 0.2) is 0 Å². The van der Waals surface area contributed by atoms with E-state index in [1.54, 1.807) is 0 Å². The average molecular weight is 337 g/mol. The van der Waals surface area contributed by atoms with E-state index in [9.17, 15) is 5.11 Å². The fourth-order valence-electron chi connectivity index (χ4n) is 3.27. The van der Waals surface area contributed by atoms with Crippen LogP contribution in [0.3, 0.4) is 0 Å². The van der Waals surface area contributed by atoms with Gasteiger partial charge in [0.05, 0.1) is 19.5 Å². The normalized spacial score (nSPS) is 14.8. The molecule has 24 heavy (non-hydrogen) atoms. The van der Waals surface area contributed by atoms with Gasteiger partial charge in [0, 0.05) is 13.1 Å². The first-order chi connectivity index (χ1) is 11.9. The summed E-state index contributed by atoms with van der Waals surface area (Å²) in [5.41, 5.74) is 1.14. The van der Waals surface area contributed by atoms with Gasteiger partial charge in [-0.15, -0.1) is 0 Å². The Kier molecular flexibility index (Phi) is 13.9. The van der Waals surface area contributed by atoms with Crippen LogP contribution in [-0.4, -0.2) is 42.6 Å². The first kappa shape index (κ1) is 21.2. The fraction of sp³-hybridized carbons (Fsp3) is 0.857. The van der Waals surface area contributed by atoms with Crippen LogP contribution >= 0.6 is 0 Å². The van der Waals surface area contributed by atoms with Gasteiger partial charge in [-0.1, -0.05) is 83.6 Å². The summed E-state index contributed by atoms with van der Waals surface area (Å²) < 4.78 is 0. The van der Waals surface area contributed by atoms with Gasteiger partial charge in [0.2, 0.25) is 0 Å². The number of rotatable bonds is 16. The lowest BCUT2D eigenvalue weighted by Gasteiger charge is -2.15. The van der Waals surface area contributed by atoms with Gasteiger partial charge < -0.3 is 10.0 Å². The second-order valence-electron chi connectivity index (χ2n) is 7.19. The molecule has 3 nitrogen and oxygen atoms in total. The maximum atomic E-state index is 9.44. The molecule has 0 unspecified atom stereocenters. The van der Waals surface area contributed by atoms with E-state index in [1.165, 1.54) is 77.0 Å². The molecule has 1 aliphatic rings. The summed E-state index contributed by atoms with van der Waals surface area (Å²) in [6.07, 6.45) is 22.0. The van der Waals surface area contributed by atoms with Gasteiger partial charge in [0.1, 0.15) is 0 Å². The largest absolute Gasteiger partial charge is 0.392 e. The zero-order valence-electron chi connectivity index (χ0n) is 16.0. The average Bonchev–Trinajstić information content (AvgIpc) is 3.11. The Labute approximate surface area is 150 Å². The Morgan fingerprint density at radius 2 is 1.54 bits per heavy atom. The van der Waals surface area contributed by atoms with E-state index in [1.807, 2.05) is 6.34 Å². The number of allylic oxidation sites excluding steroid dienone is 1. The Hall–Kier alpha value is -0.830. The molecule has 0 aromatic rings. The summed E-state index contributed by atoms with van der Waals surface area (Å²) in [4.78, 5) is 6.40. The lowest BCUT2D eigenvalue weighted by molar-refractivity contribution is 0.318. The molecule has 1 rings (SSSR count). The van der Waals surface area contributed by atoms with Crippen molar-refractivity contribution < 1.29 is 5.11 Å². The highest BCUT2D eigenvalue weighted by Gasteiger charge is 2.06. The molecule has 0 amide bonds. The molecule has 1 aliphatic heterocycles. The van der Waals surface area contributed by atoms with Crippen molar-refractivity contribution in [1.82, 2.24) is 4.90 Å². The number of hydrogen-bond acceptors (Lipinski definition) is 3. The molecule has 0 saturated heterocycles. The van der Waals surface area contributed by atoms with Crippen LogP contribution in [0.25, 0.3) is 0 Å². The molecular formula is C21H40N2O. The van der Waals surface area contributed by atoms with Crippen LogP contribution in [0, 0.1) is 0 Å². The van der Waals surface area contributed by atoms with Gasteiger partial charge in [0.25, 0.3) is 0 Å². The Bertz CT molecular complexity index is 339. The maximum absolute atomic E-state index is 9.44. The van der Waals surface area contributed by atoms with Crippen molar-refractivity contribution >= 4 is 6.34 Å². The van der Waals surface area contributed by atoms with E-state index in [2.05, 4.69) is 22.9 Å². The van der Waals surface area contributed by atoms with E-state index >= 15 is 0 Å². The van der Waals surface area contributed by atoms with Crippen LogP contribution < -0.4 is 0 Å². The minimum Gasteiger partial charge on any atom is -0.392 e. The summed E-state index contributed by atoms with van der Waals surface area (Å²) >= 11 is 0. The van der Waals surface area contributed by atoms with E-state index in [-0.39, 0.29) is 6.61 Å². The SMILES string of the molecule is CCCCCCCCCCCCCCC=C(CO)CN1C=NCC1. The minimum atomic E-state index is 0.183. The quantitative estimate of drug-likeness (QED) is 0.305.